The van der Waals surface area contributed by atoms with Crippen LogP contribution >= 0.6 is 0 Å². The number of rotatable bonds is 1. The average molecular weight is 201 g/mol. The Morgan fingerprint density at radius 3 is 2.93 bits per heavy atom. The van der Waals surface area contributed by atoms with Crippen LogP contribution in [-0.4, -0.2) is 41.8 Å². The van der Waals surface area contributed by atoms with Gasteiger partial charge in [0, 0.05) is 25.4 Å². The van der Waals surface area contributed by atoms with E-state index in [1.165, 1.54) is 6.92 Å². The monoisotopic (exact) mass is 201 g/mol. The summed E-state index contributed by atoms with van der Waals surface area (Å²) in [6, 6.07) is 0. The number of likely N-dealkylation sites (tertiary alicyclic amines) is 1. The molecular formula is C10H16FNO2. The van der Waals surface area contributed by atoms with Crippen LogP contribution in [0, 0.1) is 11.3 Å². The fraction of sp³-hybridized carbons (Fsp3) is 0.900. The van der Waals surface area contributed by atoms with Gasteiger partial charge in [0.05, 0.1) is 6.61 Å². The molecule has 2 aliphatic rings. The molecule has 80 valence electrons. The third kappa shape index (κ3) is 1.32. The number of aliphatic hydroxyl groups is 1. The highest BCUT2D eigenvalue weighted by Crippen LogP contribution is 2.49. The predicted octanol–water partition coefficient (Wildman–Crippen LogP) is 0.575. The lowest BCUT2D eigenvalue weighted by Crippen LogP contribution is -2.33. The molecule has 1 unspecified atom stereocenters. The van der Waals surface area contributed by atoms with E-state index in [1.807, 2.05) is 0 Å². The lowest BCUT2D eigenvalue weighted by Gasteiger charge is -2.25. The molecular weight excluding hydrogens is 185 g/mol. The highest BCUT2D eigenvalue weighted by molar-refractivity contribution is 5.73. The molecule has 1 N–H and O–H groups in total. The minimum Gasteiger partial charge on any atom is -0.396 e. The van der Waals surface area contributed by atoms with E-state index < -0.39 is 6.17 Å². The Labute approximate surface area is 82.9 Å². The maximum absolute atomic E-state index is 13.2. The number of aliphatic hydroxyl groups excluding tert-OH is 1. The molecule has 0 bridgehead atoms. The van der Waals surface area contributed by atoms with Gasteiger partial charge in [0.15, 0.2) is 0 Å². The maximum atomic E-state index is 13.2. The van der Waals surface area contributed by atoms with E-state index >= 15 is 0 Å². The van der Waals surface area contributed by atoms with Crippen LogP contribution in [0.2, 0.25) is 0 Å². The van der Waals surface area contributed by atoms with Gasteiger partial charge in [0.1, 0.15) is 6.17 Å². The van der Waals surface area contributed by atoms with Gasteiger partial charge in [-0.2, -0.15) is 0 Å². The van der Waals surface area contributed by atoms with Crippen molar-refractivity contribution in [3.8, 4) is 0 Å². The number of nitrogens with zero attached hydrogens (tertiary/aromatic N) is 1. The molecule has 1 saturated heterocycles. The second kappa shape index (κ2) is 3.19. The van der Waals surface area contributed by atoms with Crippen LogP contribution in [0.25, 0.3) is 0 Å². The summed E-state index contributed by atoms with van der Waals surface area (Å²) in [4.78, 5) is 12.9. The second-order valence-corrected chi connectivity index (χ2v) is 4.65. The highest BCUT2D eigenvalue weighted by atomic mass is 19.1. The van der Waals surface area contributed by atoms with Crippen molar-refractivity contribution in [3.05, 3.63) is 0 Å². The van der Waals surface area contributed by atoms with Gasteiger partial charge in [-0.05, 0) is 18.8 Å². The van der Waals surface area contributed by atoms with Gasteiger partial charge in [-0.15, -0.1) is 0 Å². The number of amides is 1. The Bertz CT molecular complexity index is 259. The molecule has 0 spiro atoms. The van der Waals surface area contributed by atoms with Gasteiger partial charge in [0.2, 0.25) is 5.91 Å². The van der Waals surface area contributed by atoms with E-state index in [1.54, 1.807) is 4.90 Å². The van der Waals surface area contributed by atoms with Gasteiger partial charge in [-0.1, -0.05) is 0 Å². The SMILES string of the molecule is CC(=O)N1CC2C[C@@H](F)C[C@]2(CO)C1. The van der Waals surface area contributed by atoms with Crippen molar-refractivity contribution in [2.45, 2.75) is 25.9 Å². The largest absolute Gasteiger partial charge is 0.396 e. The molecule has 1 aliphatic heterocycles. The van der Waals surface area contributed by atoms with Gasteiger partial charge in [0.25, 0.3) is 0 Å². The number of hydrogen-bond donors (Lipinski definition) is 1. The van der Waals surface area contributed by atoms with Crippen molar-refractivity contribution in [1.29, 1.82) is 0 Å². The summed E-state index contributed by atoms with van der Waals surface area (Å²) in [7, 11) is 0. The van der Waals surface area contributed by atoms with E-state index in [2.05, 4.69) is 0 Å². The van der Waals surface area contributed by atoms with Crippen molar-refractivity contribution in [3.63, 3.8) is 0 Å². The van der Waals surface area contributed by atoms with Crippen LogP contribution < -0.4 is 0 Å². The van der Waals surface area contributed by atoms with Crippen molar-refractivity contribution in [2.75, 3.05) is 19.7 Å². The van der Waals surface area contributed by atoms with E-state index in [0.29, 0.717) is 25.9 Å². The van der Waals surface area contributed by atoms with Crippen LogP contribution in [0.15, 0.2) is 0 Å². The molecule has 14 heavy (non-hydrogen) atoms. The topological polar surface area (TPSA) is 40.5 Å². The fourth-order valence-corrected chi connectivity index (χ4v) is 2.91. The quantitative estimate of drug-likeness (QED) is 0.674. The number of hydrogen-bond acceptors (Lipinski definition) is 2. The summed E-state index contributed by atoms with van der Waals surface area (Å²) in [5, 5.41) is 9.34. The predicted molar refractivity (Wildman–Crippen MR) is 49.4 cm³/mol. The van der Waals surface area contributed by atoms with Crippen molar-refractivity contribution in [2.24, 2.45) is 11.3 Å². The van der Waals surface area contributed by atoms with Crippen LogP contribution in [-0.2, 0) is 4.79 Å². The number of fused-ring (bicyclic) bond motifs is 1. The van der Waals surface area contributed by atoms with Gasteiger partial charge in [-0.25, -0.2) is 4.39 Å². The molecule has 3 atom stereocenters. The first-order valence-electron chi connectivity index (χ1n) is 5.08. The Kier molecular flexibility index (Phi) is 2.26. The van der Waals surface area contributed by atoms with Crippen LogP contribution in [0.3, 0.4) is 0 Å². The summed E-state index contributed by atoms with van der Waals surface area (Å²) >= 11 is 0. The Hall–Kier alpha value is -0.640. The minimum absolute atomic E-state index is 0.00185. The molecule has 0 aromatic carbocycles. The first kappa shape index (κ1) is 9.90. The van der Waals surface area contributed by atoms with Crippen molar-refractivity contribution < 1.29 is 14.3 Å². The van der Waals surface area contributed by atoms with Crippen molar-refractivity contribution >= 4 is 5.91 Å². The van der Waals surface area contributed by atoms with Gasteiger partial charge in [-0.3, -0.25) is 4.79 Å². The summed E-state index contributed by atoms with van der Waals surface area (Å²) in [5.41, 5.74) is -0.342. The summed E-state index contributed by atoms with van der Waals surface area (Å²) < 4.78 is 13.2. The molecule has 0 radical (unpaired) electrons. The Morgan fingerprint density at radius 2 is 2.43 bits per heavy atom. The van der Waals surface area contributed by atoms with Crippen molar-refractivity contribution in [1.82, 2.24) is 4.90 Å². The molecule has 1 amide bonds. The molecule has 2 rings (SSSR count). The third-order valence-electron chi connectivity index (χ3n) is 3.74. The van der Waals surface area contributed by atoms with E-state index in [9.17, 15) is 14.3 Å². The van der Waals surface area contributed by atoms with E-state index in [0.717, 1.165) is 0 Å². The number of carbonyl (C=O) groups is 1. The number of carbonyl (C=O) groups excluding carboxylic acids is 1. The lowest BCUT2D eigenvalue weighted by atomic mass is 9.82. The molecule has 0 aromatic rings. The first-order valence-corrected chi connectivity index (χ1v) is 5.08. The smallest absolute Gasteiger partial charge is 0.219 e. The molecule has 0 aromatic heterocycles. The molecule has 4 heteroatoms. The summed E-state index contributed by atoms with van der Waals surface area (Å²) in [6.07, 6.45) is 0.128. The maximum Gasteiger partial charge on any atom is 0.219 e. The zero-order valence-electron chi connectivity index (χ0n) is 8.37. The molecule has 3 nitrogen and oxygen atoms in total. The average Bonchev–Trinajstić information content (AvgIpc) is 2.57. The van der Waals surface area contributed by atoms with Crippen LogP contribution in [0.1, 0.15) is 19.8 Å². The molecule has 1 aliphatic carbocycles. The van der Waals surface area contributed by atoms with Gasteiger partial charge < -0.3 is 10.0 Å². The Morgan fingerprint density at radius 1 is 1.71 bits per heavy atom. The second-order valence-electron chi connectivity index (χ2n) is 4.65. The zero-order chi connectivity index (χ0) is 10.3. The standard InChI is InChI=1S/C10H16FNO2/c1-7(14)12-4-8-2-9(11)3-10(8,5-12)6-13/h8-9,13H,2-6H2,1H3/t8?,9-,10-/m1/s1. The first-order chi connectivity index (χ1) is 6.57. The highest BCUT2D eigenvalue weighted by Gasteiger charge is 2.53. The number of alkyl halides is 1. The van der Waals surface area contributed by atoms with E-state index in [4.69, 9.17) is 0 Å². The van der Waals surface area contributed by atoms with E-state index in [-0.39, 0.29) is 23.8 Å². The summed E-state index contributed by atoms with van der Waals surface area (Å²) in [5.74, 6) is 0.189. The normalized spacial score (nSPS) is 41.5. The van der Waals surface area contributed by atoms with Gasteiger partial charge >= 0.3 is 0 Å². The lowest BCUT2D eigenvalue weighted by molar-refractivity contribution is -0.128. The van der Waals surface area contributed by atoms with Crippen LogP contribution in [0.4, 0.5) is 4.39 Å². The number of halogens is 1. The Balaban J connectivity index is 2.14. The fourth-order valence-electron chi connectivity index (χ4n) is 2.91. The zero-order valence-corrected chi connectivity index (χ0v) is 8.37. The molecule has 1 saturated carbocycles. The minimum atomic E-state index is -0.791. The third-order valence-corrected chi connectivity index (χ3v) is 3.74. The molecule has 1 heterocycles. The molecule has 2 fully saturated rings. The summed E-state index contributed by atoms with van der Waals surface area (Å²) in [6.45, 7) is 2.68. The van der Waals surface area contributed by atoms with Crippen LogP contribution in [0.5, 0.6) is 0 Å².